The lowest BCUT2D eigenvalue weighted by molar-refractivity contribution is 0.450. The van der Waals surface area contributed by atoms with E-state index in [2.05, 4.69) is 39.6 Å². The molecular weight excluding hydrogens is 222 g/mol. The van der Waals surface area contributed by atoms with E-state index in [0.29, 0.717) is 12.0 Å². The summed E-state index contributed by atoms with van der Waals surface area (Å²) in [4.78, 5) is 8.20. The Morgan fingerprint density at radius 1 is 1.28 bits per heavy atom. The van der Waals surface area contributed by atoms with Crippen LogP contribution in [0.2, 0.25) is 0 Å². The molecule has 2 atom stereocenters. The van der Waals surface area contributed by atoms with Crippen LogP contribution >= 0.6 is 0 Å². The third kappa shape index (κ3) is 2.02. The predicted octanol–water partition coefficient (Wildman–Crippen LogP) is 2.47. The molecule has 0 radical (unpaired) electrons. The molecule has 1 aromatic heterocycles. The van der Waals surface area contributed by atoms with Crippen molar-refractivity contribution >= 4 is 0 Å². The Kier molecular flexibility index (Phi) is 3.07. The smallest absolute Gasteiger partial charge is 0.115 e. The Balaban J connectivity index is 1.74. The van der Waals surface area contributed by atoms with Crippen molar-refractivity contribution in [2.45, 2.75) is 24.8 Å². The van der Waals surface area contributed by atoms with Crippen LogP contribution in [0.15, 0.2) is 43.0 Å². The van der Waals surface area contributed by atoms with Crippen LogP contribution < -0.4 is 5.32 Å². The number of rotatable bonds is 4. The van der Waals surface area contributed by atoms with Gasteiger partial charge in [0, 0.05) is 24.0 Å². The highest BCUT2D eigenvalue weighted by Gasteiger charge is 2.28. The third-order valence-electron chi connectivity index (χ3n) is 3.81. The van der Waals surface area contributed by atoms with E-state index in [1.54, 1.807) is 6.33 Å². The topological polar surface area (TPSA) is 37.8 Å². The highest BCUT2D eigenvalue weighted by molar-refractivity contribution is 5.40. The maximum absolute atomic E-state index is 4.10. The van der Waals surface area contributed by atoms with E-state index in [9.17, 15) is 0 Å². The lowest BCUT2D eigenvalue weighted by Gasteiger charge is -2.33. The van der Waals surface area contributed by atoms with Crippen molar-refractivity contribution in [2.24, 2.45) is 0 Å². The van der Waals surface area contributed by atoms with E-state index in [4.69, 9.17) is 0 Å². The Bertz CT molecular complexity index is 524. The zero-order valence-corrected chi connectivity index (χ0v) is 10.5. The third-order valence-corrected chi connectivity index (χ3v) is 3.81. The minimum atomic E-state index is 0.338. The fourth-order valence-electron chi connectivity index (χ4n) is 2.77. The van der Waals surface area contributed by atoms with Gasteiger partial charge in [-0.15, -0.1) is 0 Å². The summed E-state index contributed by atoms with van der Waals surface area (Å²) in [7, 11) is 2.00. The minimum absolute atomic E-state index is 0.338. The molecule has 0 bridgehead atoms. The zero-order chi connectivity index (χ0) is 12.4. The van der Waals surface area contributed by atoms with Crippen molar-refractivity contribution in [1.82, 2.24) is 15.3 Å². The van der Waals surface area contributed by atoms with Gasteiger partial charge in [-0.1, -0.05) is 24.3 Å². The van der Waals surface area contributed by atoms with Gasteiger partial charge in [0.25, 0.3) is 0 Å². The SMILES string of the molecule is CNC(CC1Cc2ccccc21)c1cncnc1. The van der Waals surface area contributed by atoms with Gasteiger partial charge in [-0.25, -0.2) is 9.97 Å². The molecule has 3 rings (SSSR count). The fraction of sp³-hybridized carbons (Fsp3) is 0.333. The molecule has 92 valence electrons. The second-order valence-electron chi connectivity index (χ2n) is 4.85. The zero-order valence-electron chi connectivity index (χ0n) is 10.5. The number of nitrogens with zero attached hydrogens (tertiary/aromatic N) is 2. The number of nitrogens with one attached hydrogen (secondary N) is 1. The monoisotopic (exact) mass is 239 g/mol. The van der Waals surface area contributed by atoms with Gasteiger partial charge in [0.05, 0.1) is 0 Å². The molecule has 0 amide bonds. The molecule has 1 aromatic carbocycles. The van der Waals surface area contributed by atoms with E-state index >= 15 is 0 Å². The van der Waals surface area contributed by atoms with Crippen LogP contribution in [0, 0.1) is 0 Å². The summed E-state index contributed by atoms with van der Waals surface area (Å²) in [5.41, 5.74) is 4.18. The van der Waals surface area contributed by atoms with Gasteiger partial charge in [0.2, 0.25) is 0 Å². The second kappa shape index (κ2) is 4.86. The number of fused-ring (bicyclic) bond motifs is 1. The first-order valence-electron chi connectivity index (χ1n) is 6.38. The first kappa shape index (κ1) is 11.4. The largest absolute Gasteiger partial charge is 0.313 e. The molecule has 3 nitrogen and oxygen atoms in total. The van der Waals surface area contributed by atoms with E-state index in [-0.39, 0.29) is 0 Å². The molecule has 1 aliphatic rings. The van der Waals surface area contributed by atoms with Gasteiger partial charge in [0.15, 0.2) is 0 Å². The van der Waals surface area contributed by atoms with E-state index in [1.165, 1.54) is 23.1 Å². The molecule has 1 aliphatic carbocycles. The lowest BCUT2D eigenvalue weighted by Crippen LogP contribution is -2.25. The molecule has 0 saturated heterocycles. The van der Waals surface area contributed by atoms with Crippen molar-refractivity contribution in [3.8, 4) is 0 Å². The lowest BCUT2D eigenvalue weighted by atomic mass is 9.74. The summed E-state index contributed by atoms with van der Waals surface area (Å²) in [5, 5.41) is 3.37. The molecule has 1 heterocycles. The summed E-state index contributed by atoms with van der Waals surface area (Å²) < 4.78 is 0. The quantitative estimate of drug-likeness (QED) is 0.890. The van der Waals surface area contributed by atoms with Crippen LogP contribution in [0.25, 0.3) is 0 Å². The van der Waals surface area contributed by atoms with Crippen LogP contribution in [0.4, 0.5) is 0 Å². The maximum Gasteiger partial charge on any atom is 0.115 e. The van der Waals surface area contributed by atoms with Crippen LogP contribution in [0.3, 0.4) is 0 Å². The molecule has 0 spiro atoms. The van der Waals surface area contributed by atoms with Gasteiger partial charge >= 0.3 is 0 Å². The van der Waals surface area contributed by atoms with Crippen LogP contribution in [-0.2, 0) is 6.42 Å². The normalized spacial score (nSPS) is 18.8. The molecule has 18 heavy (non-hydrogen) atoms. The standard InChI is InChI=1S/C15H17N3/c1-16-15(13-8-17-10-18-9-13)7-12-6-11-4-2-3-5-14(11)12/h2-5,8-10,12,15-16H,6-7H2,1H3. The average Bonchev–Trinajstić information content (AvgIpc) is 2.41. The van der Waals surface area contributed by atoms with Crippen LogP contribution in [-0.4, -0.2) is 17.0 Å². The van der Waals surface area contributed by atoms with Crippen LogP contribution in [0.5, 0.6) is 0 Å². The fourth-order valence-corrected chi connectivity index (χ4v) is 2.77. The van der Waals surface area contributed by atoms with Crippen LogP contribution in [0.1, 0.15) is 35.1 Å². The van der Waals surface area contributed by atoms with Crippen molar-refractivity contribution in [3.63, 3.8) is 0 Å². The predicted molar refractivity (Wildman–Crippen MR) is 71.3 cm³/mol. The highest BCUT2D eigenvalue weighted by atomic mass is 14.9. The molecule has 0 fully saturated rings. The van der Waals surface area contributed by atoms with Crippen molar-refractivity contribution in [3.05, 3.63) is 59.7 Å². The number of benzene rings is 1. The summed E-state index contributed by atoms with van der Waals surface area (Å²) >= 11 is 0. The van der Waals surface area contributed by atoms with E-state index in [1.807, 2.05) is 19.4 Å². The van der Waals surface area contributed by atoms with Gasteiger partial charge in [-0.2, -0.15) is 0 Å². The molecule has 3 heteroatoms. The number of aromatic nitrogens is 2. The summed E-state index contributed by atoms with van der Waals surface area (Å²) in [6.07, 6.45) is 7.69. The Morgan fingerprint density at radius 2 is 2.06 bits per heavy atom. The Labute approximate surface area is 107 Å². The molecule has 0 saturated carbocycles. The second-order valence-corrected chi connectivity index (χ2v) is 4.85. The van der Waals surface area contributed by atoms with Gasteiger partial charge in [-0.05, 0) is 36.9 Å². The number of hydrogen-bond donors (Lipinski definition) is 1. The summed E-state index contributed by atoms with van der Waals surface area (Å²) in [6, 6.07) is 9.06. The number of hydrogen-bond acceptors (Lipinski definition) is 3. The summed E-state index contributed by atoms with van der Waals surface area (Å²) in [6.45, 7) is 0. The minimum Gasteiger partial charge on any atom is -0.313 e. The summed E-state index contributed by atoms with van der Waals surface area (Å²) in [5.74, 6) is 0.666. The highest BCUT2D eigenvalue weighted by Crippen LogP contribution is 2.40. The maximum atomic E-state index is 4.10. The van der Waals surface area contributed by atoms with E-state index in [0.717, 1.165) is 6.42 Å². The molecular formula is C15H17N3. The van der Waals surface area contributed by atoms with Crippen molar-refractivity contribution < 1.29 is 0 Å². The molecule has 1 N–H and O–H groups in total. The van der Waals surface area contributed by atoms with Crippen molar-refractivity contribution in [2.75, 3.05) is 7.05 Å². The molecule has 2 unspecified atom stereocenters. The average molecular weight is 239 g/mol. The first-order valence-corrected chi connectivity index (χ1v) is 6.38. The van der Waals surface area contributed by atoms with Gasteiger partial charge in [0.1, 0.15) is 6.33 Å². The Morgan fingerprint density at radius 3 is 2.78 bits per heavy atom. The van der Waals surface area contributed by atoms with Gasteiger partial charge < -0.3 is 5.32 Å². The molecule has 0 aliphatic heterocycles. The first-order chi connectivity index (χ1) is 8.88. The van der Waals surface area contributed by atoms with Crippen molar-refractivity contribution in [1.29, 1.82) is 0 Å². The Hall–Kier alpha value is -1.74. The molecule has 2 aromatic rings. The van der Waals surface area contributed by atoms with Gasteiger partial charge in [-0.3, -0.25) is 0 Å². The van der Waals surface area contributed by atoms with E-state index < -0.39 is 0 Å².